The van der Waals surface area contributed by atoms with Crippen LogP contribution in [-0.4, -0.2) is 4.98 Å². The molecule has 1 atom stereocenters. The van der Waals surface area contributed by atoms with Crippen LogP contribution in [0.15, 0.2) is 36.5 Å². The van der Waals surface area contributed by atoms with E-state index in [1.807, 2.05) is 26.0 Å². The summed E-state index contributed by atoms with van der Waals surface area (Å²) in [6.45, 7) is 3.69. The van der Waals surface area contributed by atoms with Crippen LogP contribution < -0.4 is 5.32 Å². The average molecular weight is 255 g/mol. The number of hydrogen-bond acceptors (Lipinski definition) is 3. The third kappa shape index (κ3) is 3.29. The highest BCUT2D eigenvalue weighted by Gasteiger charge is 2.11. The molecule has 0 aliphatic rings. The highest BCUT2D eigenvalue weighted by atomic mass is 19.1. The van der Waals surface area contributed by atoms with Gasteiger partial charge in [-0.2, -0.15) is 5.26 Å². The highest BCUT2D eigenvalue weighted by Crippen LogP contribution is 2.20. The maximum atomic E-state index is 13.3. The van der Waals surface area contributed by atoms with E-state index in [-0.39, 0.29) is 5.82 Å². The Morgan fingerprint density at radius 1 is 1.26 bits per heavy atom. The van der Waals surface area contributed by atoms with Crippen LogP contribution in [0.3, 0.4) is 0 Å². The number of halogens is 1. The number of anilines is 1. The van der Waals surface area contributed by atoms with E-state index in [2.05, 4.69) is 16.4 Å². The van der Waals surface area contributed by atoms with Crippen LogP contribution >= 0.6 is 0 Å². The van der Waals surface area contributed by atoms with Gasteiger partial charge in [-0.3, -0.25) is 4.98 Å². The SMILES string of the molecule is Cc1cc(F)cc(NC(C#N)c2ccc(C)nc2)c1. The van der Waals surface area contributed by atoms with Crippen molar-refractivity contribution < 1.29 is 4.39 Å². The monoisotopic (exact) mass is 255 g/mol. The average Bonchev–Trinajstić information content (AvgIpc) is 2.36. The van der Waals surface area contributed by atoms with Crippen molar-refractivity contribution in [1.29, 1.82) is 5.26 Å². The van der Waals surface area contributed by atoms with Crippen molar-refractivity contribution in [3.8, 4) is 6.07 Å². The summed E-state index contributed by atoms with van der Waals surface area (Å²) < 4.78 is 13.3. The van der Waals surface area contributed by atoms with Crippen molar-refractivity contribution in [3.63, 3.8) is 0 Å². The van der Waals surface area contributed by atoms with E-state index >= 15 is 0 Å². The molecule has 1 unspecified atom stereocenters. The number of hydrogen-bond donors (Lipinski definition) is 1. The molecule has 0 amide bonds. The van der Waals surface area contributed by atoms with Crippen LogP contribution in [0.2, 0.25) is 0 Å². The summed E-state index contributed by atoms with van der Waals surface area (Å²) in [5, 5.41) is 12.2. The Kier molecular flexibility index (Phi) is 3.76. The van der Waals surface area contributed by atoms with Crippen molar-refractivity contribution in [1.82, 2.24) is 4.98 Å². The van der Waals surface area contributed by atoms with Crippen LogP contribution in [0.4, 0.5) is 10.1 Å². The Morgan fingerprint density at radius 2 is 2.05 bits per heavy atom. The van der Waals surface area contributed by atoms with Crippen LogP contribution in [0.5, 0.6) is 0 Å². The third-order valence-corrected chi connectivity index (χ3v) is 2.75. The van der Waals surface area contributed by atoms with E-state index in [1.165, 1.54) is 12.1 Å². The normalized spacial score (nSPS) is 11.7. The molecule has 96 valence electrons. The Bertz CT molecular complexity index is 594. The molecule has 0 saturated heterocycles. The van der Waals surface area contributed by atoms with Crippen molar-refractivity contribution in [2.75, 3.05) is 5.32 Å². The Balaban J connectivity index is 2.24. The molecular formula is C15H14FN3. The Labute approximate surface area is 111 Å². The van der Waals surface area contributed by atoms with Gasteiger partial charge in [0.05, 0.1) is 6.07 Å². The molecule has 2 aromatic rings. The molecule has 0 radical (unpaired) electrons. The highest BCUT2D eigenvalue weighted by molar-refractivity contribution is 5.49. The molecule has 19 heavy (non-hydrogen) atoms. The van der Waals surface area contributed by atoms with E-state index in [9.17, 15) is 9.65 Å². The van der Waals surface area contributed by atoms with Crippen LogP contribution in [0.25, 0.3) is 0 Å². The first-order valence-electron chi connectivity index (χ1n) is 5.94. The molecule has 1 heterocycles. The lowest BCUT2D eigenvalue weighted by atomic mass is 10.1. The molecule has 0 spiro atoms. The van der Waals surface area contributed by atoms with E-state index in [0.717, 1.165) is 16.8 Å². The summed E-state index contributed by atoms with van der Waals surface area (Å²) in [5.74, 6) is -0.318. The number of nitriles is 1. The van der Waals surface area contributed by atoms with Gasteiger partial charge in [0.15, 0.2) is 0 Å². The minimum atomic E-state index is -0.547. The van der Waals surface area contributed by atoms with Crippen LogP contribution in [0, 0.1) is 31.0 Å². The number of nitrogens with one attached hydrogen (secondary N) is 1. The summed E-state index contributed by atoms with van der Waals surface area (Å²) in [6.07, 6.45) is 1.66. The van der Waals surface area contributed by atoms with Gasteiger partial charge in [-0.05, 0) is 43.7 Å². The second kappa shape index (κ2) is 5.49. The van der Waals surface area contributed by atoms with Crippen LogP contribution in [-0.2, 0) is 0 Å². The number of aryl methyl sites for hydroxylation is 2. The summed E-state index contributed by atoms with van der Waals surface area (Å²) >= 11 is 0. The molecule has 0 aliphatic carbocycles. The fourth-order valence-corrected chi connectivity index (χ4v) is 1.83. The molecular weight excluding hydrogens is 241 g/mol. The summed E-state index contributed by atoms with van der Waals surface area (Å²) in [7, 11) is 0. The lowest BCUT2D eigenvalue weighted by Crippen LogP contribution is -2.09. The van der Waals surface area contributed by atoms with Crippen molar-refractivity contribution in [3.05, 3.63) is 59.2 Å². The summed E-state index contributed by atoms with van der Waals surface area (Å²) in [6, 6.07) is 9.91. The number of pyridine rings is 1. The molecule has 1 N–H and O–H groups in total. The van der Waals surface area contributed by atoms with Gasteiger partial charge in [-0.15, -0.1) is 0 Å². The van der Waals surface area contributed by atoms with Gasteiger partial charge in [-0.1, -0.05) is 6.07 Å². The molecule has 1 aromatic carbocycles. The van der Waals surface area contributed by atoms with E-state index in [0.29, 0.717) is 5.69 Å². The van der Waals surface area contributed by atoms with Gasteiger partial charge >= 0.3 is 0 Å². The number of nitrogens with zero attached hydrogens (tertiary/aromatic N) is 2. The van der Waals surface area contributed by atoms with Gasteiger partial charge in [-0.25, -0.2) is 4.39 Å². The molecule has 4 heteroatoms. The molecule has 1 aromatic heterocycles. The molecule has 3 nitrogen and oxygen atoms in total. The smallest absolute Gasteiger partial charge is 0.141 e. The number of aromatic nitrogens is 1. The fourth-order valence-electron chi connectivity index (χ4n) is 1.83. The number of benzene rings is 1. The zero-order valence-corrected chi connectivity index (χ0v) is 10.8. The van der Waals surface area contributed by atoms with Crippen molar-refractivity contribution in [2.45, 2.75) is 19.9 Å². The van der Waals surface area contributed by atoms with Crippen molar-refractivity contribution >= 4 is 5.69 Å². The van der Waals surface area contributed by atoms with Crippen LogP contribution in [0.1, 0.15) is 22.9 Å². The largest absolute Gasteiger partial charge is 0.366 e. The first-order valence-corrected chi connectivity index (χ1v) is 5.94. The maximum absolute atomic E-state index is 13.3. The Hall–Kier alpha value is -2.41. The quantitative estimate of drug-likeness (QED) is 0.913. The lowest BCUT2D eigenvalue weighted by Gasteiger charge is -2.13. The lowest BCUT2D eigenvalue weighted by molar-refractivity contribution is 0.627. The summed E-state index contributed by atoms with van der Waals surface area (Å²) in [5.41, 5.74) is 3.04. The second-order valence-electron chi connectivity index (χ2n) is 4.46. The molecule has 0 saturated carbocycles. The molecule has 0 aliphatic heterocycles. The van der Waals surface area contributed by atoms with Crippen molar-refractivity contribution in [2.24, 2.45) is 0 Å². The Morgan fingerprint density at radius 3 is 2.63 bits per heavy atom. The van der Waals surface area contributed by atoms with Gasteiger partial charge in [0, 0.05) is 23.1 Å². The zero-order valence-electron chi connectivity index (χ0n) is 10.8. The van der Waals surface area contributed by atoms with E-state index in [1.54, 1.807) is 12.3 Å². The fraction of sp³-hybridized carbons (Fsp3) is 0.200. The number of rotatable bonds is 3. The molecule has 0 bridgehead atoms. The van der Waals surface area contributed by atoms with Gasteiger partial charge in [0.25, 0.3) is 0 Å². The van der Waals surface area contributed by atoms with E-state index < -0.39 is 6.04 Å². The topological polar surface area (TPSA) is 48.7 Å². The van der Waals surface area contributed by atoms with Gasteiger partial charge in [0.1, 0.15) is 11.9 Å². The van der Waals surface area contributed by atoms with Gasteiger partial charge < -0.3 is 5.32 Å². The first-order chi connectivity index (χ1) is 9.08. The second-order valence-corrected chi connectivity index (χ2v) is 4.46. The molecule has 0 fully saturated rings. The predicted octanol–water partition coefficient (Wildman–Crippen LogP) is 3.51. The minimum absolute atomic E-state index is 0.318. The first kappa shape index (κ1) is 13.0. The third-order valence-electron chi connectivity index (χ3n) is 2.75. The summed E-state index contributed by atoms with van der Waals surface area (Å²) in [4.78, 5) is 4.16. The zero-order chi connectivity index (χ0) is 13.8. The predicted molar refractivity (Wildman–Crippen MR) is 72.1 cm³/mol. The maximum Gasteiger partial charge on any atom is 0.141 e. The minimum Gasteiger partial charge on any atom is -0.366 e. The van der Waals surface area contributed by atoms with E-state index in [4.69, 9.17) is 0 Å². The van der Waals surface area contributed by atoms with Gasteiger partial charge in [0.2, 0.25) is 0 Å². The molecule has 2 rings (SSSR count). The standard InChI is InChI=1S/C15H14FN3/c1-10-5-13(16)7-14(6-10)19-15(8-17)12-4-3-11(2)18-9-12/h3-7,9,15,19H,1-2H3.